The quantitative estimate of drug-likeness (QED) is 0.863. The summed E-state index contributed by atoms with van der Waals surface area (Å²) in [7, 11) is 0. The van der Waals surface area contributed by atoms with Crippen molar-refractivity contribution in [1.82, 2.24) is 15.1 Å². The predicted octanol–water partition coefficient (Wildman–Crippen LogP) is 1.68. The maximum Gasteiger partial charge on any atom is 0.0623 e. The predicted molar refractivity (Wildman–Crippen MR) is 68.8 cm³/mol. The van der Waals surface area contributed by atoms with E-state index < -0.39 is 0 Å². The summed E-state index contributed by atoms with van der Waals surface area (Å²) < 4.78 is 7.39. The number of ether oxygens (including phenoxy) is 1. The lowest BCUT2D eigenvalue weighted by Gasteiger charge is -2.23. The molecule has 1 atom stereocenters. The number of aromatic nitrogens is 2. The third kappa shape index (κ3) is 3.68. The van der Waals surface area contributed by atoms with Crippen LogP contribution in [0.1, 0.15) is 25.8 Å². The Kier molecular flexibility index (Phi) is 4.34. The number of nitrogens with one attached hydrogen (secondary N) is 1. The van der Waals surface area contributed by atoms with E-state index in [1.54, 1.807) is 0 Å². The number of aryl methyl sites for hydroxylation is 1. The van der Waals surface area contributed by atoms with Gasteiger partial charge in [0.15, 0.2) is 0 Å². The molecule has 1 fully saturated rings. The fourth-order valence-corrected chi connectivity index (χ4v) is 2.11. The van der Waals surface area contributed by atoms with Crippen molar-refractivity contribution in [1.29, 1.82) is 0 Å². The van der Waals surface area contributed by atoms with Gasteiger partial charge in [0.25, 0.3) is 0 Å². The van der Waals surface area contributed by atoms with Crippen LogP contribution in [-0.4, -0.2) is 35.6 Å². The Balaban J connectivity index is 1.91. The Hall–Kier alpha value is -1.13. The van der Waals surface area contributed by atoms with Crippen molar-refractivity contribution >= 4 is 6.08 Å². The largest absolute Gasteiger partial charge is 0.379 e. The van der Waals surface area contributed by atoms with Gasteiger partial charge in [-0.2, -0.15) is 5.10 Å². The van der Waals surface area contributed by atoms with Crippen LogP contribution in [0, 0.1) is 0 Å². The van der Waals surface area contributed by atoms with Crippen LogP contribution in [0.25, 0.3) is 6.08 Å². The van der Waals surface area contributed by atoms with Crippen LogP contribution in [-0.2, 0) is 11.3 Å². The van der Waals surface area contributed by atoms with Gasteiger partial charge in [-0.05, 0) is 20.3 Å². The molecule has 0 bridgehead atoms. The molecule has 1 unspecified atom stereocenters. The first-order valence-corrected chi connectivity index (χ1v) is 6.28. The van der Waals surface area contributed by atoms with Crippen LogP contribution in [0.4, 0.5) is 0 Å². The van der Waals surface area contributed by atoms with Crippen LogP contribution in [0.3, 0.4) is 0 Å². The SMILES string of the molecule is CCn1cc(/C=C(/C)CC2COCCN2)cn1. The van der Waals surface area contributed by atoms with E-state index in [4.69, 9.17) is 4.74 Å². The molecule has 1 N–H and O–H groups in total. The van der Waals surface area contributed by atoms with Crippen molar-refractivity contribution in [3.63, 3.8) is 0 Å². The molecule has 0 spiro atoms. The van der Waals surface area contributed by atoms with Gasteiger partial charge in [-0.3, -0.25) is 4.68 Å². The minimum absolute atomic E-state index is 0.459. The van der Waals surface area contributed by atoms with E-state index in [-0.39, 0.29) is 0 Å². The first-order valence-electron chi connectivity index (χ1n) is 6.28. The number of rotatable bonds is 4. The Morgan fingerprint density at radius 1 is 1.71 bits per heavy atom. The van der Waals surface area contributed by atoms with E-state index >= 15 is 0 Å². The molecule has 0 amide bonds. The molecule has 94 valence electrons. The first kappa shape index (κ1) is 12.3. The average Bonchev–Trinajstić information content (AvgIpc) is 2.78. The first-order chi connectivity index (χ1) is 8.28. The van der Waals surface area contributed by atoms with Crippen molar-refractivity contribution in [3.8, 4) is 0 Å². The lowest BCUT2D eigenvalue weighted by molar-refractivity contribution is 0.0771. The molecule has 1 aliphatic rings. The van der Waals surface area contributed by atoms with E-state index in [0.29, 0.717) is 6.04 Å². The Labute approximate surface area is 103 Å². The van der Waals surface area contributed by atoms with Crippen LogP contribution in [0.15, 0.2) is 18.0 Å². The van der Waals surface area contributed by atoms with Gasteiger partial charge in [0.05, 0.1) is 19.4 Å². The molecule has 17 heavy (non-hydrogen) atoms. The smallest absolute Gasteiger partial charge is 0.0623 e. The lowest BCUT2D eigenvalue weighted by Crippen LogP contribution is -2.41. The van der Waals surface area contributed by atoms with E-state index in [1.165, 1.54) is 11.1 Å². The van der Waals surface area contributed by atoms with Gasteiger partial charge in [0, 0.05) is 30.9 Å². The third-order valence-electron chi connectivity index (χ3n) is 2.96. The van der Waals surface area contributed by atoms with Crippen LogP contribution < -0.4 is 5.32 Å². The van der Waals surface area contributed by atoms with Gasteiger partial charge in [-0.25, -0.2) is 0 Å². The van der Waals surface area contributed by atoms with Crippen LogP contribution in [0.5, 0.6) is 0 Å². The Bertz CT molecular complexity index is 378. The highest BCUT2D eigenvalue weighted by atomic mass is 16.5. The number of hydrogen-bond donors (Lipinski definition) is 1. The molecule has 4 nitrogen and oxygen atoms in total. The summed E-state index contributed by atoms with van der Waals surface area (Å²) in [6.45, 7) is 7.80. The van der Waals surface area contributed by atoms with E-state index in [0.717, 1.165) is 32.7 Å². The normalized spacial score (nSPS) is 21.8. The Morgan fingerprint density at radius 2 is 2.59 bits per heavy atom. The number of hydrogen-bond acceptors (Lipinski definition) is 3. The third-order valence-corrected chi connectivity index (χ3v) is 2.96. The van der Waals surface area contributed by atoms with Crippen molar-refractivity contribution < 1.29 is 4.74 Å². The minimum atomic E-state index is 0.459. The molecular weight excluding hydrogens is 214 g/mol. The van der Waals surface area contributed by atoms with Gasteiger partial charge in [-0.1, -0.05) is 11.6 Å². The van der Waals surface area contributed by atoms with Gasteiger partial charge in [0.1, 0.15) is 0 Å². The van der Waals surface area contributed by atoms with Crippen molar-refractivity contribution in [3.05, 3.63) is 23.5 Å². The zero-order valence-corrected chi connectivity index (χ0v) is 10.6. The molecule has 1 aromatic heterocycles. The summed E-state index contributed by atoms with van der Waals surface area (Å²) >= 11 is 0. The van der Waals surface area contributed by atoms with E-state index in [2.05, 4.69) is 36.5 Å². The molecule has 1 aliphatic heterocycles. The summed E-state index contributed by atoms with van der Waals surface area (Å²) in [5, 5.41) is 7.73. The summed E-state index contributed by atoms with van der Waals surface area (Å²) in [6.07, 6.45) is 7.23. The van der Waals surface area contributed by atoms with Crippen molar-refractivity contribution in [2.45, 2.75) is 32.9 Å². The van der Waals surface area contributed by atoms with Gasteiger partial charge >= 0.3 is 0 Å². The summed E-state index contributed by atoms with van der Waals surface area (Å²) in [4.78, 5) is 0. The lowest BCUT2D eigenvalue weighted by atomic mass is 10.1. The second kappa shape index (κ2) is 5.98. The van der Waals surface area contributed by atoms with E-state index in [9.17, 15) is 0 Å². The van der Waals surface area contributed by atoms with Gasteiger partial charge in [0.2, 0.25) is 0 Å². The average molecular weight is 235 g/mol. The fourth-order valence-electron chi connectivity index (χ4n) is 2.11. The maximum atomic E-state index is 5.45. The van der Waals surface area contributed by atoms with Crippen LogP contribution >= 0.6 is 0 Å². The maximum absolute atomic E-state index is 5.45. The number of morpholine rings is 1. The molecule has 1 saturated heterocycles. The minimum Gasteiger partial charge on any atom is -0.379 e. The van der Waals surface area contributed by atoms with Crippen molar-refractivity contribution in [2.24, 2.45) is 0 Å². The number of nitrogens with zero attached hydrogens (tertiary/aromatic N) is 2. The molecule has 2 heterocycles. The molecule has 2 rings (SSSR count). The fraction of sp³-hybridized carbons (Fsp3) is 0.615. The monoisotopic (exact) mass is 235 g/mol. The summed E-state index contributed by atoms with van der Waals surface area (Å²) in [5.41, 5.74) is 2.55. The highest BCUT2D eigenvalue weighted by Gasteiger charge is 2.12. The molecule has 4 heteroatoms. The molecule has 1 aromatic rings. The van der Waals surface area contributed by atoms with Crippen molar-refractivity contribution in [2.75, 3.05) is 19.8 Å². The molecule has 0 aliphatic carbocycles. The molecule has 0 radical (unpaired) electrons. The molecule has 0 aromatic carbocycles. The van der Waals surface area contributed by atoms with Gasteiger partial charge < -0.3 is 10.1 Å². The molecule has 0 saturated carbocycles. The summed E-state index contributed by atoms with van der Waals surface area (Å²) in [6, 6.07) is 0.459. The highest BCUT2D eigenvalue weighted by molar-refractivity contribution is 5.50. The zero-order chi connectivity index (χ0) is 12.1. The van der Waals surface area contributed by atoms with Crippen LogP contribution in [0.2, 0.25) is 0 Å². The standard InChI is InChI=1S/C13H21N3O/c1-3-16-9-12(8-15-16)6-11(2)7-13-10-17-5-4-14-13/h6,8-9,13-14H,3-5,7,10H2,1-2H3/b11-6-. The highest BCUT2D eigenvalue weighted by Crippen LogP contribution is 2.12. The van der Waals surface area contributed by atoms with Gasteiger partial charge in [-0.15, -0.1) is 0 Å². The Morgan fingerprint density at radius 3 is 3.24 bits per heavy atom. The van der Waals surface area contributed by atoms with E-state index in [1.807, 2.05) is 10.9 Å². The zero-order valence-electron chi connectivity index (χ0n) is 10.6. The second-order valence-corrected chi connectivity index (χ2v) is 4.55. The molecular formula is C13H21N3O. The topological polar surface area (TPSA) is 39.1 Å². The summed E-state index contributed by atoms with van der Waals surface area (Å²) in [5.74, 6) is 0. The second-order valence-electron chi connectivity index (χ2n) is 4.55.